The second-order valence-corrected chi connectivity index (χ2v) is 1.53. The van der Waals surface area contributed by atoms with E-state index in [1.54, 1.807) is 0 Å². The van der Waals surface area contributed by atoms with Gasteiger partial charge in [0.05, 0.1) is 25.1 Å². The van der Waals surface area contributed by atoms with Gasteiger partial charge in [0, 0.05) is 0 Å². The van der Waals surface area contributed by atoms with Crippen LogP contribution in [-0.4, -0.2) is 28.5 Å². The van der Waals surface area contributed by atoms with Crippen LogP contribution in [-0.2, 0) is 4.74 Å². The zero-order valence-corrected chi connectivity index (χ0v) is 5.31. The lowest BCUT2D eigenvalue weighted by molar-refractivity contribution is 0.0599. The van der Waals surface area contributed by atoms with Crippen LogP contribution in [0.4, 0.5) is 0 Å². The summed E-state index contributed by atoms with van der Waals surface area (Å²) in [7, 11) is 1.29. The molecule has 0 fully saturated rings. The first-order valence-electron chi connectivity index (χ1n) is 2.56. The average Bonchev–Trinajstić information content (AvgIpc) is 2.05. The van der Waals surface area contributed by atoms with Gasteiger partial charge in [-0.25, -0.2) is 4.79 Å². The van der Waals surface area contributed by atoms with Crippen LogP contribution in [0, 0.1) is 0 Å². The highest BCUT2D eigenvalue weighted by atomic mass is 16.5. The fraction of sp³-hybridized carbons (Fsp3) is 0.200. The summed E-state index contributed by atoms with van der Waals surface area (Å²) in [5.74, 6) is -0.456. The molecule has 52 valence electrons. The minimum Gasteiger partial charge on any atom is -0.465 e. The van der Waals surface area contributed by atoms with Crippen molar-refractivity contribution in [1.82, 2.24) is 15.4 Å². The van der Waals surface area contributed by atoms with Gasteiger partial charge in [-0.15, -0.1) is 10.2 Å². The maximum Gasteiger partial charge on any atom is 0.341 e. The molecule has 1 aromatic heterocycles. The highest BCUT2D eigenvalue weighted by Gasteiger charge is 2.03. The predicted molar refractivity (Wildman–Crippen MR) is 31.2 cm³/mol. The van der Waals surface area contributed by atoms with Gasteiger partial charge in [-0.3, -0.25) is 0 Å². The van der Waals surface area contributed by atoms with E-state index in [-0.39, 0.29) is 0 Å². The minimum absolute atomic E-state index is 0.303. The van der Waals surface area contributed by atoms with Gasteiger partial charge >= 0.3 is 5.97 Å². The minimum atomic E-state index is -0.456. The summed E-state index contributed by atoms with van der Waals surface area (Å²) in [5.41, 5.74) is 0.303. The Morgan fingerprint density at radius 3 is 2.60 bits per heavy atom. The molecule has 1 aromatic rings. The highest BCUT2D eigenvalue weighted by Crippen LogP contribution is 1.92. The van der Waals surface area contributed by atoms with E-state index in [1.807, 2.05) is 0 Å². The van der Waals surface area contributed by atoms with Gasteiger partial charge < -0.3 is 4.74 Å². The Morgan fingerprint density at radius 1 is 1.50 bits per heavy atom. The molecule has 5 nitrogen and oxygen atoms in total. The molecule has 0 saturated heterocycles. The van der Waals surface area contributed by atoms with Gasteiger partial charge in [-0.05, 0) is 5.21 Å². The molecule has 1 rings (SSSR count). The first kappa shape index (κ1) is 6.60. The van der Waals surface area contributed by atoms with Gasteiger partial charge in [-0.2, -0.15) is 0 Å². The van der Waals surface area contributed by atoms with Gasteiger partial charge in [0.2, 0.25) is 0 Å². The lowest BCUT2D eigenvalue weighted by Crippen LogP contribution is -2.02. The quantitative estimate of drug-likeness (QED) is 0.498. The molecule has 0 spiro atoms. The third-order valence-corrected chi connectivity index (χ3v) is 0.918. The molecular formula is C5H5N3O2. The zero-order valence-electron chi connectivity index (χ0n) is 5.31. The van der Waals surface area contributed by atoms with Crippen molar-refractivity contribution in [3.05, 3.63) is 18.0 Å². The molecule has 0 unspecified atom stereocenters. The van der Waals surface area contributed by atoms with Crippen LogP contribution in [0.15, 0.2) is 12.4 Å². The fourth-order valence-electron chi connectivity index (χ4n) is 0.462. The van der Waals surface area contributed by atoms with Gasteiger partial charge in [0.25, 0.3) is 0 Å². The Bertz CT molecular complexity index is 224. The number of nitrogens with zero attached hydrogens (tertiary/aromatic N) is 3. The van der Waals surface area contributed by atoms with E-state index in [2.05, 4.69) is 20.1 Å². The molecule has 10 heavy (non-hydrogen) atoms. The van der Waals surface area contributed by atoms with E-state index in [1.165, 1.54) is 19.5 Å². The topological polar surface area (TPSA) is 65.0 Å². The molecule has 0 amide bonds. The summed E-state index contributed by atoms with van der Waals surface area (Å²) >= 11 is 0. The number of esters is 1. The normalized spacial score (nSPS) is 8.90. The molecule has 0 aliphatic carbocycles. The van der Waals surface area contributed by atoms with Gasteiger partial charge in [0.15, 0.2) is 0 Å². The summed E-state index contributed by atoms with van der Waals surface area (Å²) in [6, 6.07) is 0. The molecule has 0 aliphatic rings. The van der Waals surface area contributed by atoms with Crippen molar-refractivity contribution in [2.24, 2.45) is 0 Å². The first-order valence-corrected chi connectivity index (χ1v) is 2.56. The smallest absolute Gasteiger partial charge is 0.341 e. The summed E-state index contributed by atoms with van der Waals surface area (Å²) in [5, 5.41) is 10.0. The number of aromatic nitrogens is 3. The van der Waals surface area contributed by atoms with Crippen molar-refractivity contribution in [1.29, 1.82) is 0 Å². The maximum atomic E-state index is 10.7. The van der Waals surface area contributed by atoms with Crippen LogP contribution in [0.25, 0.3) is 0 Å². The van der Waals surface area contributed by atoms with E-state index in [9.17, 15) is 4.79 Å². The van der Waals surface area contributed by atoms with Crippen LogP contribution >= 0.6 is 0 Å². The lowest BCUT2D eigenvalue weighted by atomic mass is 10.4. The van der Waals surface area contributed by atoms with Crippen LogP contribution < -0.4 is 0 Å². The SMILES string of the molecule is COC(=O)c1cnnnc1. The third-order valence-electron chi connectivity index (χ3n) is 0.918. The summed E-state index contributed by atoms with van der Waals surface area (Å²) in [6.45, 7) is 0. The Balaban J connectivity index is 2.85. The Hall–Kier alpha value is -1.52. The number of rotatable bonds is 1. The van der Waals surface area contributed by atoms with Crippen molar-refractivity contribution in [2.45, 2.75) is 0 Å². The largest absolute Gasteiger partial charge is 0.465 e. The lowest BCUT2D eigenvalue weighted by Gasteiger charge is -1.93. The number of methoxy groups -OCH3 is 1. The number of carbonyl (C=O) groups is 1. The Morgan fingerprint density at radius 2 is 2.10 bits per heavy atom. The fourth-order valence-corrected chi connectivity index (χ4v) is 0.462. The van der Waals surface area contributed by atoms with Crippen molar-refractivity contribution in [3.8, 4) is 0 Å². The van der Waals surface area contributed by atoms with Gasteiger partial charge in [0.1, 0.15) is 0 Å². The van der Waals surface area contributed by atoms with Crippen LogP contribution in [0.3, 0.4) is 0 Å². The number of hydrogen-bond donors (Lipinski definition) is 0. The highest BCUT2D eigenvalue weighted by molar-refractivity contribution is 5.88. The number of hydrogen-bond acceptors (Lipinski definition) is 5. The molecule has 0 saturated carbocycles. The van der Waals surface area contributed by atoms with E-state index < -0.39 is 5.97 Å². The van der Waals surface area contributed by atoms with Crippen LogP contribution in [0.5, 0.6) is 0 Å². The maximum absolute atomic E-state index is 10.7. The molecule has 0 atom stereocenters. The van der Waals surface area contributed by atoms with E-state index in [0.717, 1.165) is 0 Å². The second-order valence-electron chi connectivity index (χ2n) is 1.53. The van der Waals surface area contributed by atoms with E-state index >= 15 is 0 Å². The predicted octanol–water partition coefficient (Wildman–Crippen LogP) is -0.342. The Labute approximate surface area is 57.0 Å². The molecule has 0 aliphatic heterocycles. The van der Waals surface area contributed by atoms with E-state index in [0.29, 0.717) is 5.56 Å². The molecule has 0 aromatic carbocycles. The summed E-state index contributed by atoms with van der Waals surface area (Å²) in [6.07, 6.45) is 2.58. The van der Waals surface area contributed by atoms with Crippen LogP contribution in [0.1, 0.15) is 10.4 Å². The van der Waals surface area contributed by atoms with Crippen molar-refractivity contribution >= 4 is 5.97 Å². The molecule has 5 heteroatoms. The number of ether oxygens (including phenoxy) is 1. The molecule has 0 radical (unpaired) electrons. The molecule has 1 heterocycles. The monoisotopic (exact) mass is 139 g/mol. The molecule has 0 N–H and O–H groups in total. The van der Waals surface area contributed by atoms with Gasteiger partial charge in [-0.1, -0.05) is 0 Å². The van der Waals surface area contributed by atoms with Crippen LogP contribution in [0.2, 0.25) is 0 Å². The average molecular weight is 139 g/mol. The zero-order chi connectivity index (χ0) is 7.40. The van der Waals surface area contributed by atoms with Crippen molar-refractivity contribution < 1.29 is 9.53 Å². The number of carbonyl (C=O) groups excluding carboxylic acids is 1. The van der Waals surface area contributed by atoms with E-state index in [4.69, 9.17) is 0 Å². The standard InChI is InChI=1S/C5H5N3O2/c1-10-5(9)4-2-6-8-7-3-4/h2-3H,1H3. The van der Waals surface area contributed by atoms with Crippen molar-refractivity contribution in [3.63, 3.8) is 0 Å². The summed E-state index contributed by atoms with van der Waals surface area (Å²) in [4.78, 5) is 10.7. The molecule has 0 bridgehead atoms. The Kier molecular flexibility index (Phi) is 1.89. The first-order chi connectivity index (χ1) is 4.84. The molecular weight excluding hydrogens is 134 g/mol. The third kappa shape index (κ3) is 1.25. The summed E-state index contributed by atoms with van der Waals surface area (Å²) < 4.78 is 4.39. The van der Waals surface area contributed by atoms with Crippen molar-refractivity contribution in [2.75, 3.05) is 7.11 Å². The second kappa shape index (κ2) is 2.86.